The van der Waals surface area contributed by atoms with E-state index >= 15 is 0 Å². The van der Waals surface area contributed by atoms with Crippen LogP contribution < -0.4 is 24.0 Å². The molecule has 1 aliphatic carbocycles. The molecule has 0 aromatic carbocycles. The Bertz CT molecular complexity index is 167. The van der Waals surface area contributed by atoms with Crippen molar-refractivity contribution in [3.8, 4) is 0 Å². The van der Waals surface area contributed by atoms with Gasteiger partial charge >= 0.3 is 18.9 Å². The van der Waals surface area contributed by atoms with E-state index in [-0.39, 0.29) is 18.9 Å². The molecule has 0 aliphatic heterocycles. The van der Waals surface area contributed by atoms with Gasteiger partial charge in [-0.25, -0.2) is 0 Å². The molecule has 0 bridgehead atoms. The zero-order valence-corrected chi connectivity index (χ0v) is 8.68. The van der Waals surface area contributed by atoms with Crippen molar-refractivity contribution in [2.75, 3.05) is 0 Å². The second-order valence-corrected chi connectivity index (χ2v) is 4.51. The van der Waals surface area contributed by atoms with Gasteiger partial charge in [0.2, 0.25) is 0 Å². The summed E-state index contributed by atoms with van der Waals surface area (Å²) in [5.41, 5.74) is 0.372. The van der Waals surface area contributed by atoms with Gasteiger partial charge in [0.05, 0.1) is 0 Å². The Labute approximate surface area is 87.4 Å². The van der Waals surface area contributed by atoms with E-state index in [2.05, 4.69) is 20.8 Å². The van der Waals surface area contributed by atoms with Crippen molar-refractivity contribution in [3.63, 3.8) is 0 Å². The Morgan fingerprint density at radius 2 is 2.00 bits per heavy atom. The van der Waals surface area contributed by atoms with Gasteiger partial charge in [-0.15, -0.1) is 5.76 Å². The summed E-state index contributed by atoms with van der Waals surface area (Å²) in [6, 6.07) is 0. The molecule has 0 amide bonds. The van der Waals surface area contributed by atoms with Crippen LogP contribution in [0.3, 0.4) is 0 Å². The van der Waals surface area contributed by atoms with Crippen LogP contribution in [0, 0.1) is 11.3 Å². The fourth-order valence-electron chi connectivity index (χ4n) is 1.60. The minimum atomic E-state index is 0. The minimum Gasteiger partial charge on any atom is -0.876 e. The van der Waals surface area contributed by atoms with E-state index in [1.54, 1.807) is 0 Å². The van der Waals surface area contributed by atoms with Gasteiger partial charge in [0, 0.05) is 0 Å². The fourth-order valence-corrected chi connectivity index (χ4v) is 1.60. The molecular formula is C10H17LiO. The normalized spacial score (nSPS) is 24.2. The summed E-state index contributed by atoms with van der Waals surface area (Å²) < 4.78 is 0. The summed E-state index contributed by atoms with van der Waals surface area (Å²) in [5.74, 6) is 1.05. The van der Waals surface area contributed by atoms with Crippen molar-refractivity contribution in [1.82, 2.24) is 0 Å². The van der Waals surface area contributed by atoms with Crippen LogP contribution in [0.1, 0.15) is 40.0 Å². The van der Waals surface area contributed by atoms with E-state index in [4.69, 9.17) is 0 Å². The quantitative estimate of drug-likeness (QED) is 0.420. The van der Waals surface area contributed by atoms with Crippen LogP contribution in [0.5, 0.6) is 0 Å². The summed E-state index contributed by atoms with van der Waals surface area (Å²) in [7, 11) is 0. The molecule has 0 heterocycles. The van der Waals surface area contributed by atoms with E-state index in [0.29, 0.717) is 17.1 Å². The second kappa shape index (κ2) is 4.40. The van der Waals surface area contributed by atoms with Crippen LogP contribution in [0.2, 0.25) is 0 Å². The molecule has 0 spiro atoms. The Kier molecular flexibility index (Phi) is 4.45. The van der Waals surface area contributed by atoms with E-state index in [1.165, 1.54) is 0 Å². The SMILES string of the molecule is CC(C)(C)[C@@H]1CC=C([O-])CC1.[Li+]. The van der Waals surface area contributed by atoms with Gasteiger partial charge in [-0.05, 0) is 30.6 Å². The van der Waals surface area contributed by atoms with Gasteiger partial charge in [0.15, 0.2) is 0 Å². The second-order valence-electron chi connectivity index (χ2n) is 4.51. The monoisotopic (exact) mass is 160 g/mol. The number of hydrogen-bond donors (Lipinski definition) is 0. The first-order chi connectivity index (χ1) is 5.00. The van der Waals surface area contributed by atoms with Gasteiger partial charge < -0.3 is 5.11 Å². The summed E-state index contributed by atoms with van der Waals surface area (Å²) in [4.78, 5) is 0. The summed E-state index contributed by atoms with van der Waals surface area (Å²) in [5, 5.41) is 10.9. The first-order valence-corrected chi connectivity index (χ1v) is 4.36. The van der Waals surface area contributed by atoms with Crippen LogP contribution in [-0.4, -0.2) is 0 Å². The largest absolute Gasteiger partial charge is 1.00 e. The molecule has 0 aromatic rings. The molecule has 1 rings (SSSR count). The van der Waals surface area contributed by atoms with Crippen LogP contribution in [0.15, 0.2) is 11.8 Å². The molecule has 64 valence electrons. The van der Waals surface area contributed by atoms with Crippen LogP contribution in [0.25, 0.3) is 0 Å². The number of allylic oxidation sites excluding steroid dienone is 2. The topological polar surface area (TPSA) is 23.1 Å². The van der Waals surface area contributed by atoms with Crippen molar-refractivity contribution in [2.24, 2.45) is 11.3 Å². The number of hydrogen-bond acceptors (Lipinski definition) is 1. The van der Waals surface area contributed by atoms with Gasteiger partial charge in [0.25, 0.3) is 0 Å². The third kappa shape index (κ3) is 3.25. The third-order valence-electron chi connectivity index (χ3n) is 2.59. The molecule has 0 fully saturated rings. The van der Waals surface area contributed by atoms with Crippen LogP contribution in [-0.2, 0) is 0 Å². The molecule has 1 atom stereocenters. The Balaban J connectivity index is 0.00000121. The van der Waals surface area contributed by atoms with E-state index < -0.39 is 0 Å². The Morgan fingerprint density at radius 3 is 2.33 bits per heavy atom. The fraction of sp³-hybridized carbons (Fsp3) is 0.800. The van der Waals surface area contributed by atoms with Crippen LogP contribution in [0.4, 0.5) is 0 Å². The summed E-state index contributed by atoms with van der Waals surface area (Å²) in [6.45, 7) is 6.75. The average Bonchev–Trinajstić information content (AvgIpc) is 1.86. The summed E-state index contributed by atoms with van der Waals surface area (Å²) in [6.07, 6.45) is 4.70. The van der Waals surface area contributed by atoms with Crippen LogP contribution >= 0.6 is 0 Å². The first kappa shape index (κ1) is 12.1. The molecule has 1 aliphatic rings. The first-order valence-electron chi connectivity index (χ1n) is 4.36. The molecule has 2 heteroatoms. The van der Waals surface area contributed by atoms with E-state index in [0.717, 1.165) is 19.3 Å². The molecule has 0 radical (unpaired) electrons. The van der Waals surface area contributed by atoms with Gasteiger partial charge in [-0.2, -0.15) is 0 Å². The zero-order chi connectivity index (χ0) is 8.48. The smallest absolute Gasteiger partial charge is 0.876 e. The molecule has 0 unspecified atom stereocenters. The maximum atomic E-state index is 10.9. The molecule has 0 saturated heterocycles. The summed E-state index contributed by atoms with van der Waals surface area (Å²) >= 11 is 0. The van der Waals surface area contributed by atoms with Crippen molar-refractivity contribution >= 4 is 0 Å². The van der Waals surface area contributed by atoms with Crippen molar-refractivity contribution in [1.29, 1.82) is 0 Å². The average molecular weight is 160 g/mol. The van der Waals surface area contributed by atoms with Gasteiger partial charge in [-0.3, -0.25) is 0 Å². The number of rotatable bonds is 0. The zero-order valence-electron chi connectivity index (χ0n) is 8.68. The maximum absolute atomic E-state index is 10.9. The predicted octanol–water partition coefficient (Wildman–Crippen LogP) is -0.919. The van der Waals surface area contributed by atoms with Crippen molar-refractivity contribution < 1.29 is 24.0 Å². The van der Waals surface area contributed by atoms with Gasteiger partial charge in [-0.1, -0.05) is 26.8 Å². The standard InChI is InChI=1S/C10H18O.Li/c1-10(2,3)8-4-6-9(11)7-5-8;/h6,8,11H,4-5,7H2,1-3H3;/q;+1/p-1/t8-;/m1./s1. The minimum absolute atomic E-state index is 0. The molecule has 0 N–H and O–H groups in total. The maximum Gasteiger partial charge on any atom is 1.00 e. The molecule has 12 heavy (non-hydrogen) atoms. The van der Waals surface area contributed by atoms with Crippen molar-refractivity contribution in [2.45, 2.75) is 40.0 Å². The van der Waals surface area contributed by atoms with E-state index in [9.17, 15) is 5.11 Å². The van der Waals surface area contributed by atoms with Gasteiger partial charge in [0.1, 0.15) is 0 Å². The van der Waals surface area contributed by atoms with Crippen molar-refractivity contribution in [3.05, 3.63) is 11.8 Å². The third-order valence-corrected chi connectivity index (χ3v) is 2.59. The van der Waals surface area contributed by atoms with E-state index in [1.807, 2.05) is 6.08 Å². The molecule has 1 nitrogen and oxygen atoms in total. The predicted molar refractivity (Wildman–Crippen MR) is 44.9 cm³/mol. The Hall–Kier alpha value is 0.137. The molecular weight excluding hydrogens is 143 g/mol. The Morgan fingerprint density at radius 1 is 1.42 bits per heavy atom. The molecule has 0 saturated carbocycles. The molecule has 0 aromatic heterocycles.